The predicted molar refractivity (Wildman–Crippen MR) is 56.0 cm³/mol. The zero-order valence-electron chi connectivity index (χ0n) is 8.47. The van der Waals surface area contributed by atoms with Crippen LogP contribution in [0.5, 0.6) is 0 Å². The average Bonchev–Trinajstić information content (AvgIpc) is 2.23. The molecule has 1 aromatic rings. The van der Waals surface area contributed by atoms with E-state index in [4.69, 9.17) is 4.84 Å². The summed E-state index contributed by atoms with van der Waals surface area (Å²) in [6.45, 7) is 2.58. The Labute approximate surface area is 84.0 Å². The molecule has 0 aromatic heterocycles. The molecule has 74 valence electrons. The molecular formula is C11H14N2O. The second kappa shape index (κ2) is 3.70. The summed E-state index contributed by atoms with van der Waals surface area (Å²) in [7, 11) is 2.04. The average molecular weight is 190 g/mol. The summed E-state index contributed by atoms with van der Waals surface area (Å²) < 4.78 is 0. The van der Waals surface area contributed by atoms with Gasteiger partial charge in [0, 0.05) is 7.05 Å². The van der Waals surface area contributed by atoms with Gasteiger partial charge in [0.25, 0.3) is 0 Å². The largest absolute Gasteiger partial charge is 0.392 e. The first kappa shape index (κ1) is 9.06. The molecule has 0 fully saturated rings. The van der Waals surface area contributed by atoms with Crippen LogP contribution in [0, 0.1) is 0 Å². The van der Waals surface area contributed by atoms with Crippen LogP contribution in [-0.4, -0.2) is 24.4 Å². The van der Waals surface area contributed by atoms with Crippen LogP contribution < -0.4 is 0 Å². The van der Waals surface area contributed by atoms with E-state index in [-0.39, 0.29) is 6.04 Å². The smallest absolute Gasteiger partial charge is 0.141 e. The second-order valence-electron chi connectivity index (χ2n) is 3.47. The van der Waals surface area contributed by atoms with Gasteiger partial charge >= 0.3 is 0 Å². The summed E-state index contributed by atoms with van der Waals surface area (Å²) in [6, 6.07) is 10.6. The summed E-state index contributed by atoms with van der Waals surface area (Å²) in [5.41, 5.74) is 1.27. The van der Waals surface area contributed by atoms with E-state index in [2.05, 4.69) is 22.2 Å². The van der Waals surface area contributed by atoms with Gasteiger partial charge in [-0.1, -0.05) is 35.5 Å². The number of rotatable bonds is 1. The van der Waals surface area contributed by atoms with Crippen LogP contribution in [0.1, 0.15) is 18.5 Å². The lowest BCUT2D eigenvalue weighted by Crippen LogP contribution is -2.35. The molecule has 3 heteroatoms. The molecule has 2 rings (SSSR count). The highest BCUT2D eigenvalue weighted by Gasteiger charge is 2.22. The molecule has 3 nitrogen and oxygen atoms in total. The number of oxime groups is 1. The molecular weight excluding hydrogens is 176 g/mol. The van der Waals surface area contributed by atoms with Gasteiger partial charge in [0.2, 0.25) is 0 Å². The molecule has 0 N–H and O–H groups in total. The molecule has 1 aliphatic rings. The fourth-order valence-corrected chi connectivity index (χ4v) is 1.60. The van der Waals surface area contributed by atoms with Crippen LogP contribution in [0.3, 0.4) is 0 Å². The number of benzene rings is 1. The molecule has 1 atom stereocenters. The highest BCUT2D eigenvalue weighted by Crippen LogP contribution is 2.22. The van der Waals surface area contributed by atoms with Gasteiger partial charge < -0.3 is 9.74 Å². The van der Waals surface area contributed by atoms with E-state index in [0.717, 1.165) is 5.84 Å². The van der Waals surface area contributed by atoms with Crippen LogP contribution in [-0.2, 0) is 4.84 Å². The Balaban J connectivity index is 2.24. The van der Waals surface area contributed by atoms with Crippen LogP contribution in [0.15, 0.2) is 35.5 Å². The molecule has 14 heavy (non-hydrogen) atoms. The minimum absolute atomic E-state index is 0.286. The fraction of sp³-hybridized carbons (Fsp3) is 0.364. The van der Waals surface area contributed by atoms with E-state index >= 15 is 0 Å². The minimum atomic E-state index is 0.286. The molecule has 1 heterocycles. The molecule has 1 unspecified atom stereocenters. The van der Waals surface area contributed by atoms with Crippen molar-refractivity contribution in [1.82, 2.24) is 4.90 Å². The Hall–Kier alpha value is -1.51. The van der Waals surface area contributed by atoms with E-state index in [0.29, 0.717) is 6.61 Å². The van der Waals surface area contributed by atoms with Gasteiger partial charge in [0.1, 0.15) is 12.4 Å². The second-order valence-corrected chi connectivity index (χ2v) is 3.47. The molecule has 0 bridgehead atoms. The van der Waals surface area contributed by atoms with Gasteiger partial charge in [-0.05, 0) is 12.5 Å². The topological polar surface area (TPSA) is 24.8 Å². The number of likely N-dealkylation sites (N-methyl/N-ethyl adjacent to an activating group) is 1. The standard InChI is InChI=1S/C11H14N2O/c1-9-12-14-8-11(13(9)2)10-6-4-3-5-7-10/h3-7,11H,8H2,1-2H3. The zero-order chi connectivity index (χ0) is 9.97. The van der Waals surface area contributed by atoms with Crippen LogP contribution >= 0.6 is 0 Å². The Morgan fingerprint density at radius 1 is 1.36 bits per heavy atom. The molecule has 0 saturated heterocycles. The van der Waals surface area contributed by atoms with E-state index in [9.17, 15) is 0 Å². The van der Waals surface area contributed by atoms with Crippen molar-refractivity contribution in [3.63, 3.8) is 0 Å². The third kappa shape index (κ3) is 1.58. The molecule has 1 aliphatic heterocycles. The summed E-state index contributed by atoms with van der Waals surface area (Å²) in [4.78, 5) is 7.30. The Kier molecular flexibility index (Phi) is 2.39. The molecule has 0 saturated carbocycles. The van der Waals surface area contributed by atoms with Crippen molar-refractivity contribution >= 4 is 5.84 Å². The Bertz CT molecular complexity index is 334. The SMILES string of the molecule is CC1=NOCC(c2ccccc2)N1C. The van der Waals surface area contributed by atoms with Gasteiger partial charge in [-0.2, -0.15) is 0 Å². The van der Waals surface area contributed by atoms with E-state index in [1.54, 1.807) is 0 Å². The maximum atomic E-state index is 5.17. The fourth-order valence-electron chi connectivity index (χ4n) is 1.60. The summed E-state index contributed by atoms with van der Waals surface area (Å²) in [5.74, 6) is 0.921. The molecule has 1 aromatic carbocycles. The maximum Gasteiger partial charge on any atom is 0.141 e. The lowest BCUT2D eigenvalue weighted by Gasteiger charge is -2.31. The van der Waals surface area contributed by atoms with Crippen LogP contribution in [0.4, 0.5) is 0 Å². The third-order valence-corrected chi connectivity index (χ3v) is 2.59. The van der Waals surface area contributed by atoms with E-state index in [1.165, 1.54) is 5.56 Å². The lowest BCUT2D eigenvalue weighted by molar-refractivity contribution is 0.0687. The van der Waals surface area contributed by atoms with Crippen molar-refractivity contribution < 1.29 is 4.84 Å². The van der Waals surface area contributed by atoms with Crippen molar-refractivity contribution in [2.24, 2.45) is 5.16 Å². The van der Waals surface area contributed by atoms with Gasteiger partial charge in [-0.25, -0.2) is 0 Å². The highest BCUT2D eigenvalue weighted by atomic mass is 16.6. The number of nitrogens with zero attached hydrogens (tertiary/aromatic N) is 2. The summed E-state index contributed by atoms with van der Waals surface area (Å²) in [6.07, 6.45) is 0. The first-order chi connectivity index (χ1) is 6.79. The molecule has 0 radical (unpaired) electrons. The summed E-state index contributed by atoms with van der Waals surface area (Å²) in [5, 5.41) is 3.93. The summed E-state index contributed by atoms with van der Waals surface area (Å²) >= 11 is 0. The van der Waals surface area contributed by atoms with Gasteiger partial charge in [-0.15, -0.1) is 0 Å². The minimum Gasteiger partial charge on any atom is -0.392 e. The van der Waals surface area contributed by atoms with Crippen molar-refractivity contribution in [3.8, 4) is 0 Å². The monoisotopic (exact) mass is 190 g/mol. The predicted octanol–water partition coefficient (Wildman–Crippen LogP) is 2.02. The number of hydrogen-bond acceptors (Lipinski definition) is 3. The first-order valence-electron chi connectivity index (χ1n) is 4.73. The van der Waals surface area contributed by atoms with Gasteiger partial charge in [0.05, 0.1) is 6.04 Å². The molecule has 0 aliphatic carbocycles. The normalized spacial score (nSPS) is 21.4. The third-order valence-electron chi connectivity index (χ3n) is 2.59. The van der Waals surface area contributed by atoms with Crippen molar-refractivity contribution in [3.05, 3.63) is 35.9 Å². The quantitative estimate of drug-likeness (QED) is 0.676. The maximum absolute atomic E-state index is 5.17. The highest BCUT2D eigenvalue weighted by molar-refractivity contribution is 5.79. The molecule has 0 amide bonds. The first-order valence-corrected chi connectivity index (χ1v) is 4.73. The molecule has 0 spiro atoms. The van der Waals surface area contributed by atoms with E-state index < -0.39 is 0 Å². The van der Waals surface area contributed by atoms with Crippen LogP contribution in [0.2, 0.25) is 0 Å². The Morgan fingerprint density at radius 2 is 2.07 bits per heavy atom. The van der Waals surface area contributed by atoms with E-state index in [1.807, 2.05) is 32.2 Å². The lowest BCUT2D eigenvalue weighted by atomic mass is 10.1. The Morgan fingerprint density at radius 3 is 2.79 bits per heavy atom. The number of hydrogen-bond donors (Lipinski definition) is 0. The van der Waals surface area contributed by atoms with Gasteiger partial charge in [-0.3, -0.25) is 0 Å². The number of amidine groups is 1. The van der Waals surface area contributed by atoms with Crippen molar-refractivity contribution in [2.75, 3.05) is 13.7 Å². The zero-order valence-corrected chi connectivity index (χ0v) is 8.47. The van der Waals surface area contributed by atoms with Gasteiger partial charge in [0.15, 0.2) is 0 Å². The van der Waals surface area contributed by atoms with Crippen molar-refractivity contribution in [1.29, 1.82) is 0 Å². The van der Waals surface area contributed by atoms with Crippen LogP contribution in [0.25, 0.3) is 0 Å². The van der Waals surface area contributed by atoms with Crippen molar-refractivity contribution in [2.45, 2.75) is 13.0 Å².